The zero-order chi connectivity index (χ0) is 13.5. The second-order valence-corrected chi connectivity index (χ2v) is 4.88. The zero-order valence-corrected chi connectivity index (χ0v) is 9.91. The van der Waals surface area contributed by atoms with Crippen molar-refractivity contribution in [1.82, 2.24) is 0 Å². The molecule has 0 atom stereocenters. The molecule has 1 aromatic rings. The number of hydrogen-bond donors (Lipinski definition) is 2. The van der Waals surface area contributed by atoms with E-state index in [1.807, 2.05) is 0 Å². The van der Waals surface area contributed by atoms with E-state index in [9.17, 15) is 18.7 Å². The van der Waals surface area contributed by atoms with Crippen LogP contribution in [0, 0.1) is 6.92 Å². The lowest BCUT2D eigenvalue weighted by atomic mass is 9.89. The van der Waals surface area contributed by atoms with Gasteiger partial charge in [0.25, 0.3) is 6.43 Å². The molecule has 2 N–H and O–H groups in total. The molecular weight excluding hydrogens is 242 g/mol. The number of aryl methyl sites for hydroxylation is 1. The first-order chi connectivity index (χ1) is 8.35. The molecule has 0 aromatic heterocycles. The molecule has 0 saturated heterocycles. The van der Waals surface area contributed by atoms with Crippen molar-refractivity contribution in [1.29, 1.82) is 0 Å². The van der Waals surface area contributed by atoms with E-state index in [0.717, 1.165) is 0 Å². The topological polar surface area (TPSA) is 57.5 Å². The average Bonchev–Trinajstić information content (AvgIpc) is 3.01. The summed E-state index contributed by atoms with van der Waals surface area (Å²) in [6, 6.07) is 2.85. The molecule has 1 aromatic carbocycles. The van der Waals surface area contributed by atoms with E-state index in [2.05, 4.69) is 0 Å². The first kappa shape index (κ1) is 12.8. The van der Waals surface area contributed by atoms with Crippen LogP contribution in [-0.4, -0.2) is 16.2 Å². The largest absolute Gasteiger partial charge is 0.507 e. The van der Waals surface area contributed by atoms with Gasteiger partial charge >= 0.3 is 5.97 Å². The van der Waals surface area contributed by atoms with Crippen LogP contribution in [0.5, 0.6) is 5.75 Å². The van der Waals surface area contributed by atoms with E-state index in [-0.39, 0.29) is 6.42 Å². The smallest absolute Gasteiger partial charge is 0.304 e. The number of aliphatic carboxylic acids is 1. The number of hydrogen-bond acceptors (Lipinski definition) is 2. The Labute approximate surface area is 103 Å². The third-order valence-corrected chi connectivity index (χ3v) is 3.52. The molecule has 1 aliphatic carbocycles. The van der Waals surface area contributed by atoms with Gasteiger partial charge in [0.2, 0.25) is 0 Å². The molecule has 98 valence electrons. The molecule has 0 bridgehead atoms. The Kier molecular flexibility index (Phi) is 3.00. The first-order valence-corrected chi connectivity index (χ1v) is 5.70. The van der Waals surface area contributed by atoms with Gasteiger partial charge < -0.3 is 10.2 Å². The van der Waals surface area contributed by atoms with Gasteiger partial charge in [-0.25, -0.2) is 8.78 Å². The van der Waals surface area contributed by atoms with E-state index in [0.29, 0.717) is 24.0 Å². The number of carbonyl (C=O) groups is 1. The monoisotopic (exact) mass is 256 g/mol. The average molecular weight is 256 g/mol. The molecule has 0 aliphatic heterocycles. The second kappa shape index (κ2) is 4.23. The molecule has 0 unspecified atom stereocenters. The van der Waals surface area contributed by atoms with Crippen LogP contribution in [0.4, 0.5) is 8.78 Å². The minimum atomic E-state index is -2.76. The summed E-state index contributed by atoms with van der Waals surface area (Å²) in [5.41, 5.74) is 0.0186. The Hall–Kier alpha value is -1.65. The van der Waals surface area contributed by atoms with E-state index < -0.39 is 29.1 Å². The molecule has 0 amide bonds. The summed E-state index contributed by atoms with van der Waals surface area (Å²) >= 11 is 0. The molecule has 1 fully saturated rings. The van der Waals surface area contributed by atoms with Crippen LogP contribution in [0.1, 0.15) is 42.4 Å². The molecule has 5 heteroatoms. The van der Waals surface area contributed by atoms with Crippen LogP contribution in [0.2, 0.25) is 0 Å². The quantitative estimate of drug-likeness (QED) is 0.870. The highest BCUT2D eigenvalue weighted by Gasteiger charge is 2.46. The minimum Gasteiger partial charge on any atom is -0.507 e. The van der Waals surface area contributed by atoms with Gasteiger partial charge in [-0.1, -0.05) is 6.07 Å². The minimum absolute atomic E-state index is 0.0557. The summed E-state index contributed by atoms with van der Waals surface area (Å²) < 4.78 is 25.6. The lowest BCUT2D eigenvalue weighted by Gasteiger charge is -2.17. The fourth-order valence-electron chi connectivity index (χ4n) is 2.29. The van der Waals surface area contributed by atoms with Crippen LogP contribution < -0.4 is 0 Å². The Morgan fingerprint density at radius 3 is 2.50 bits per heavy atom. The molecule has 3 nitrogen and oxygen atoms in total. The summed E-state index contributed by atoms with van der Waals surface area (Å²) in [6.07, 6.45) is -1.44. The third-order valence-electron chi connectivity index (χ3n) is 3.52. The Balaban J connectivity index is 2.43. The summed E-state index contributed by atoms with van der Waals surface area (Å²) in [5, 5.41) is 18.4. The highest BCUT2D eigenvalue weighted by Crippen LogP contribution is 2.52. The molecule has 2 rings (SSSR count). The Bertz CT molecular complexity index is 493. The molecule has 18 heavy (non-hydrogen) atoms. The van der Waals surface area contributed by atoms with Gasteiger partial charge in [0.05, 0.1) is 12.0 Å². The molecule has 1 aliphatic rings. The van der Waals surface area contributed by atoms with Crippen molar-refractivity contribution >= 4 is 5.97 Å². The number of rotatable bonds is 4. The van der Waals surface area contributed by atoms with Crippen molar-refractivity contribution in [2.75, 3.05) is 0 Å². The van der Waals surface area contributed by atoms with Gasteiger partial charge in [0.15, 0.2) is 0 Å². The van der Waals surface area contributed by atoms with Gasteiger partial charge in [0, 0.05) is 5.41 Å². The molecular formula is C13H14F2O3. The van der Waals surface area contributed by atoms with Crippen LogP contribution in [0.25, 0.3) is 0 Å². The Morgan fingerprint density at radius 1 is 1.44 bits per heavy atom. The van der Waals surface area contributed by atoms with E-state index >= 15 is 0 Å². The zero-order valence-electron chi connectivity index (χ0n) is 9.91. The van der Waals surface area contributed by atoms with Crippen LogP contribution in [0.15, 0.2) is 12.1 Å². The SMILES string of the molecule is Cc1cc(C2(CC(=O)O)CC2)cc(C(F)F)c1O. The number of halogens is 2. The van der Waals surface area contributed by atoms with Gasteiger partial charge in [-0.3, -0.25) is 4.79 Å². The number of aromatic hydroxyl groups is 1. The number of phenols is 1. The summed E-state index contributed by atoms with van der Waals surface area (Å²) in [7, 11) is 0. The van der Waals surface area contributed by atoms with Crippen LogP contribution in [-0.2, 0) is 10.2 Å². The predicted molar refractivity (Wildman–Crippen MR) is 61.0 cm³/mol. The van der Waals surface area contributed by atoms with Gasteiger partial charge in [-0.2, -0.15) is 0 Å². The maximum atomic E-state index is 12.8. The lowest BCUT2D eigenvalue weighted by Crippen LogP contribution is -2.13. The number of phenolic OH excluding ortho intramolecular Hbond substituents is 1. The van der Waals surface area contributed by atoms with Crippen molar-refractivity contribution in [3.63, 3.8) is 0 Å². The maximum absolute atomic E-state index is 12.8. The summed E-state index contributed by atoms with van der Waals surface area (Å²) in [4.78, 5) is 10.8. The van der Waals surface area contributed by atoms with Crippen molar-refractivity contribution in [3.8, 4) is 5.75 Å². The van der Waals surface area contributed by atoms with Crippen molar-refractivity contribution < 1.29 is 23.8 Å². The van der Waals surface area contributed by atoms with E-state index in [1.165, 1.54) is 6.07 Å². The normalized spacial score (nSPS) is 16.9. The van der Waals surface area contributed by atoms with Gasteiger partial charge in [-0.15, -0.1) is 0 Å². The number of benzene rings is 1. The lowest BCUT2D eigenvalue weighted by molar-refractivity contribution is -0.137. The van der Waals surface area contributed by atoms with Gasteiger partial charge in [-0.05, 0) is 37.0 Å². The van der Waals surface area contributed by atoms with E-state index in [4.69, 9.17) is 5.11 Å². The third kappa shape index (κ3) is 2.17. The molecule has 1 saturated carbocycles. The number of carboxylic acids is 1. The fourth-order valence-corrected chi connectivity index (χ4v) is 2.29. The maximum Gasteiger partial charge on any atom is 0.304 e. The molecule has 0 spiro atoms. The van der Waals surface area contributed by atoms with Crippen molar-refractivity contribution in [3.05, 3.63) is 28.8 Å². The van der Waals surface area contributed by atoms with Crippen LogP contribution in [0.3, 0.4) is 0 Å². The number of carboxylic acid groups (broad SMARTS) is 1. The second-order valence-electron chi connectivity index (χ2n) is 4.88. The fraction of sp³-hybridized carbons (Fsp3) is 0.462. The molecule has 0 radical (unpaired) electrons. The Morgan fingerprint density at radius 2 is 2.06 bits per heavy atom. The van der Waals surface area contributed by atoms with Crippen molar-refractivity contribution in [2.45, 2.75) is 38.0 Å². The highest BCUT2D eigenvalue weighted by atomic mass is 19.3. The summed E-state index contributed by atoms with van der Waals surface area (Å²) in [5.74, 6) is -1.34. The molecule has 0 heterocycles. The summed E-state index contributed by atoms with van der Waals surface area (Å²) in [6.45, 7) is 1.54. The standard InChI is InChI=1S/C13H14F2O3/c1-7-4-8(5-9(11(7)18)12(14)15)13(2-3-13)6-10(16)17/h4-5,12,18H,2-3,6H2,1H3,(H,16,17). The van der Waals surface area contributed by atoms with Gasteiger partial charge in [0.1, 0.15) is 5.75 Å². The van der Waals surface area contributed by atoms with Crippen molar-refractivity contribution in [2.24, 2.45) is 0 Å². The number of alkyl halides is 2. The predicted octanol–water partition coefficient (Wildman–Crippen LogP) is 3.14. The first-order valence-electron chi connectivity index (χ1n) is 5.70. The highest BCUT2D eigenvalue weighted by molar-refractivity contribution is 5.70. The van der Waals surface area contributed by atoms with Crippen LogP contribution >= 0.6 is 0 Å². The van der Waals surface area contributed by atoms with E-state index in [1.54, 1.807) is 13.0 Å².